The molecule has 10 heteroatoms. The van der Waals surface area contributed by atoms with Crippen LogP contribution in [0.5, 0.6) is 5.75 Å². The predicted octanol–water partition coefficient (Wildman–Crippen LogP) is 3.15. The maximum Gasteiger partial charge on any atom is 0.259 e. The number of benzene rings is 1. The molecule has 1 aromatic carbocycles. The third kappa shape index (κ3) is 5.68. The minimum atomic E-state index is -3.15. The van der Waals surface area contributed by atoms with E-state index in [1.165, 1.54) is 10.6 Å². The molecule has 36 heavy (non-hydrogen) atoms. The summed E-state index contributed by atoms with van der Waals surface area (Å²) in [7, 11) is -1.36. The molecule has 0 spiro atoms. The fraction of sp³-hybridized carbons (Fsp3) is 0.500. The van der Waals surface area contributed by atoms with Gasteiger partial charge in [0.25, 0.3) is 5.56 Å². The third-order valence-corrected chi connectivity index (χ3v) is 9.51. The molecule has 2 saturated heterocycles. The molecule has 3 aromatic rings. The van der Waals surface area contributed by atoms with Crippen molar-refractivity contribution in [1.29, 1.82) is 0 Å². The van der Waals surface area contributed by atoms with Crippen molar-refractivity contribution in [1.82, 2.24) is 13.8 Å². The largest absolute Gasteiger partial charge is 0.493 e. The lowest BCUT2D eigenvalue weighted by Gasteiger charge is -2.32. The van der Waals surface area contributed by atoms with Crippen molar-refractivity contribution in [3.8, 4) is 16.9 Å². The van der Waals surface area contributed by atoms with Crippen LogP contribution in [0.4, 0.5) is 0 Å². The monoisotopic (exact) mass is 531 g/mol. The lowest BCUT2D eigenvalue weighted by molar-refractivity contribution is 0.0497. The van der Waals surface area contributed by atoms with Crippen LogP contribution in [0.2, 0.25) is 0 Å². The zero-order valence-corrected chi connectivity index (χ0v) is 22.4. The van der Waals surface area contributed by atoms with Gasteiger partial charge in [-0.3, -0.25) is 9.69 Å². The molecule has 5 rings (SSSR count). The van der Waals surface area contributed by atoms with E-state index < -0.39 is 10.0 Å². The summed E-state index contributed by atoms with van der Waals surface area (Å²) in [6.45, 7) is 5.35. The number of pyridine rings is 1. The van der Waals surface area contributed by atoms with Crippen molar-refractivity contribution in [3.05, 3.63) is 51.8 Å². The highest BCUT2D eigenvalue weighted by molar-refractivity contribution is 7.88. The summed E-state index contributed by atoms with van der Waals surface area (Å²) < 4.78 is 39.4. The number of nitrogens with zero attached hydrogens (tertiary/aromatic N) is 3. The van der Waals surface area contributed by atoms with Crippen molar-refractivity contribution in [2.75, 3.05) is 52.3 Å². The van der Waals surface area contributed by atoms with Crippen molar-refractivity contribution >= 4 is 31.4 Å². The quantitative estimate of drug-likeness (QED) is 0.466. The maximum atomic E-state index is 13.0. The molecule has 2 aromatic heterocycles. The molecule has 0 aliphatic carbocycles. The van der Waals surface area contributed by atoms with Crippen molar-refractivity contribution in [2.45, 2.75) is 19.4 Å². The highest BCUT2D eigenvalue weighted by atomic mass is 32.2. The molecule has 2 aliphatic heterocycles. The van der Waals surface area contributed by atoms with Gasteiger partial charge < -0.3 is 14.0 Å². The van der Waals surface area contributed by atoms with Crippen LogP contribution >= 0.6 is 11.3 Å². The lowest BCUT2D eigenvalue weighted by Crippen LogP contribution is -2.47. The van der Waals surface area contributed by atoms with E-state index in [1.54, 1.807) is 23.0 Å². The average Bonchev–Trinajstić information content (AvgIpc) is 3.29. The first kappa shape index (κ1) is 25.4. The number of fused-ring (bicyclic) bond motifs is 1. The van der Waals surface area contributed by atoms with E-state index in [0.29, 0.717) is 45.2 Å². The van der Waals surface area contributed by atoms with Gasteiger partial charge in [0.05, 0.1) is 18.2 Å². The van der Waals surface area contributed by atoms with Gasteiger partial charge in [0.1, 0.15) is 5.75 Å². The van der Waals surface area contributed by atoms with Crippen LogP contribution in [-0.2, 0) is 28.4 Å². The standard InChI is InChI=1S/C26H33N3O5S2/c1-27-17-24(20-4-3-5-21(14-20)34-18-19-6-12-33-13-7-19)25-23(26(27)30)15-22(35-25)16-28-8-10-29(11-9-28)36(2,31)32/h3-5,14-15,17,19H,6-13,16,18H2,1-2H3. The van der Waals surface area contributed by atoms with Crippen molar-refractivity contribution in [3.63, 3.8) is 0 Å². The Kier molecular flexibility index (Phi) is 7.50. The minimum absolute atomic E-state index is 0.00920. The van der Waals surface area contributed by atoms with Crippen LogP contribution in [0.15, 0.2) is 41.3 Å². The number of ether oxygens (including phenoxy) is 2. The van der Waals surface area contributed by atoms with Crippen LogP contribution in [0.3, 0.4) is 0 Å². The third-order valence-electron chi connectivity index (χ3n) is 7.05. The molecule has 0 N–H and O–H groups in total. The van der Waals surface area contributed by atoms with Gasteiger partial charge in [-0.2, -0.15) is 4.31 Å². The Morgan fingerprint density at radius 3 is 2.58 bits per heavy atom. The van der Waals surface area contributed by atoms with Gasteiger partial charge in [0, 0.05) is 74.3 Å². The Morgan fingerprint density at radius 1 is 1.11 bits per heavy atom. The smallest absolute Gasteiger partial charge is 0.259 e. The fourth-order valence-corrected chi connectivity index (χ4v) is 6.96. The van der Waals surface area contributed by atoms with Crippen LogP contribution in [-0.4, -0.2) is 74.4 Å². The van der Waals surface area contributed by atoms with E-state index in [4.69, 9.17) is 9.47 Å². The van der Waals surface area contributed by atoms with Gasteiger partial charge in [-0.15, -0.1) is 11.3 Å². The van der Waals surface area contributed by atoms with E-state index in [2.05, 4.69) is 17.0 Å². The molecule has 8 nitrogen and oxygen atoms in total. The van der Waals surface area contributed by atoms with E-state index in [1.807, 2.05) is 24.4 Å². The number of aromatic nitrogens is 1. The Labute approximate surface area is 216 Å². The number of thiophene rings is 1. The Morgan fingerprint density at radius 2 is 1.86 bits per heavy atom. The molecular formula is C26H33N3O5S2. The van der Waals surface area contributed by atoms with Gasteiger partial charge in [-0.1, -0.05) is 12.1 Å². The van der Waals surface area contributed by atoms with E-state index in [0.717, 1.165) is 57.9 Å². The average molecular weight is 532 g/mol. The number of aryl methyl sites for hydroxylation is 1. The Balaban J connectivity index is 1.37. The topological polar surface area (TPSA) is 81.1 Å². The second-order valence-corrected chi connectivity index (χ2v) is 12.9. The van der Waals surface area contributed by atoms with Gasteiger partial charge in [-0.25, -0.2) is 8.42 Å². The molecule has 4 heterocycles. The minimum Gasteiger partial charge on any atom is -0.493 e. The predicted molar refractivity (Wildman–Crippen MR) is 143 cm³/mol. The molecule has 0 saturated carbocycles. The second kappa shape index (κ2) is 10.6. The summed E-state index contributed by atoms with van der Waals surface area (Å²) >= 11 is 1.64. The first-order chi connectivity index (χ1) is 17.3. The zero-order chi connectivity index (χ0) is 25.3. The Bertz CT molecular complexity index is 1380. The SMILES string of the molecule is Cn1cc(-c2cccc(OCC3CCOCC3)c2)c2sc(CN3CCN(S(C)(=O)=O)CC3)cc2c1=O. The fourth-order valence-electron chi connectivity index (χ4n) is 4.91. The van der Waals surface area contributed by atoms with Crippen molar-refractivity contribution < 1.29 is 17.9 Å². The van der Waals surface area contributed by atoms with Crippen LogP contribution in [0.25, 0.3) is 21.2 Å². The van der Waals surface area contributed by atoms with Gasteiger partial charge in [-0.05, 0) is 42.5 Å². The van der Waals surface area contributed by atoms with E-state index in [9.17, 15) is 13.2 Å². The van der Waals surface area contributed by atoms with Gasteiger partial charge in [0.2, 0.25) is 10.0 Å². The number of rotatable bonds is 7. The van der Waals surface area contributed by atoms with Gasteiger partial charge in [0.15, 0.2) is 0 Å². The zero-order valence-electron chi connectivity index (χ0n) is 20.8. The summed E-state index contributed by atoms with van der Waals surface area (Å²) in [6, 6.07) is 10.1. The number of hydrogen-bond acceptors (Lipinski definition) is 7. The lowest BCUT2D eigenvalue weighted by atomic mass is 10.0. The number of piperazine rings is 1. The van der Waals surface area contributed by atoms with Gasteiger partial charge >= 0.3 is 0 Å². The molecule has 2 fully saturated rings. The summed E-state index contributed by atoms with van der Waals surface area (Å²) in [6.07, 6.45) is 5.23. The first-order valence-corrected chi connectivity index (χ1v) is 15.0. The van der Waals surface area contributed by atoms with Crippen LogP contribution < -0.4 is 10.3 Å². The summed E-state index contributed by atoms with van der Waals surface area (Å²) in [5.41, 5.74) is 2.03. The number of sulfonamides is 1. The molecule has 2 aliphatic rings. The molecule has 0 unspecified atom stereocenters. The molecule has 0 radical (unpaired) electrons. The normalized spacial score (nSPS) is 18.6. The van der Waals surface area contributed by atoms with Crippen LogP contribution in [0.1, 0.15) is 17.7 Å². The second-order valence-electron chi connectivity index (χ2n) is 9.75. The van der Waals surface area contributed by atoms with E-state index >= 15 is 0 Å². The molecule has 0 bridgehead atoms. The maximum absolute atomic E-state index is 13.0. The Hall–Kier alpha value is -2.24. The highest BCUT2D eigenvalue weighted by Crippen LogP contribution is 2.35. The molecular weight excluding hydrogens is 498 g/mol. The highest BCUT2D eigenvalue weighted by Gasteiger charge is 2.24. The number of hydrogen-bond donors (Lipinski definition) is 0. The summed E-state index contributed by atoms with van der Waals surface area (Å²) in [5.74, 6) is 1.35. The summed E-state index contributed by atoms with van der Waals surface area (Å²) in [5, 5.41) is 0.721. The van der Waals surface area contributed by atoms with Crippen molar-refractivity contribution in [2.24, 2.45) is 13.0 Å². The first-order valence-electron chi connectivity index (χ1n) is 12.4. The van der Waals surface area contributed by atoms with E-state index in [-0.39, 0.29) is 5.56 Å². The molecule has 194 valence electrons. The van der Waals surface area contributed by atoms with Crippen LogP contribution in [0, 0.1) is 5.92 Å². The summed E-state index contributed by atoms with van der Waals surface area (Å²) in [4.78, 5) is 16.3. The molecule has 0 amide bonds. The molecule has 0 atom stereocenters.